The number of primary amides is 1. The van der Waals surface area contributed by atoms with Crippen LogP contribution in [0.25, 0.3) is 10.9 Å². The van der Waals surface area contributed by atoms with Crippen LogP contribution in [0.2, 0.25) is 0 Å². The van der Waals surface area contributed by atoms with Crippen LogP contribution in [-0.2, 0) is 32.0 Å². The lowest BCUT2D eigenvalue weighted by atomic mass is 10.0. The number of amides is 3. The maximum absolute atomic E-state index is 12.8. The summed E-state index contributed by atoms with van der Waals surface area (Å²) in [6.45, 7) is 0. The minimum atomic E-state index is -1.38. The lowest BCUT2D eigenvalue weighted by molar-refractivity contribution is -0.142. The van der Waals surface area contributed by atoms with Gasteiger partial charge in [-0.3, -0.25) is 14.4 Å². The SMILES string of the molecule is NC(=O)C[C@H](NC(=O)[C@@H](N)Cc1cnc[nH]1)C(=O)N[C@@H](Cc1c[nH]c2ccccc12)C(=O)O. The van der Waals surface area contributed by atoms with E-state index in [0.29, 0.717) is 11.3 Å². The molecule has 0 spiro atoms. The zero-order valence-electron chi connectivity index (χ0n) is 17.6. The Morgan fingerprint density at radius 2 is 1.76 bits per heavy atom. The smallest absolute Gasteiger partial charge is 0.326 e. The van der Waals surface area contributed by atoms with Gasteiger partial charge in [-0.25, -0.2) is 9.78 Å². The largest absolute Gasteiger partial charge is 0.480 e. The predicted octanol–water partition coefficient (Wildman–Crippen LogP) is -1.07. The summed E-state index contributed by atoms with van der Waals surface area (Å²) in [4.78, 5) is 58.2. The highest BCUT2D eigenvalue weighted by molar-refractivity contribution is 5.95. The second-order valence-electron chi connectivity index (χ2n) is 7.58. The number of imidazole rings is 1. The highest BCUT2D eigenvalue weighted by atomic mass is 16.4. The van der Waals surface area contributed by atoms with E-state index in [4.69, 9.17) is 11.5 Å². The molecule has 0 aliphatic carbocycles. The molecule has 33 heavy (non-hydrogen) atoms. The number of carboxylic acids is 1. The molecule has 0 aliphatic rings. The lowest BCUT2D eigenvalue weighted by Crippen LogP contribution is -2.56. The fraction of sp³-hybridized carbons (Fsp3) is 0.286. The first-order chi connectivity index (χ1) is 15.7. The Bertz CT molecular complexity index is 1140. The molecule has 3 rings (SSSR count). The number of hydrogen-bond donors (Lipinski definition) is 7. The number of carbonyl (C=O) groups is 4. The van der Waals surface area contributed by atoms with Gasteiger partial charge in [-0.1, -0.05) is 18.2 Å². The van der Waals surface area contributed by atoms with E-state index in [2.05, 4.69) is 25.6 Å². The van der Waals surface area contributed by atoms with Crippen LogP contribution in [0.4, 0.5) is 0 Å². The normalized spacial score (nSPS) is 13.7. The quantitative estimate of drug-likeness (QED) is 0.190. The van der Waals surface area contributed by atoms with Gasteiger partial charge in [-0.2, -0.15) is 0 Å². The highest BCUT2D eigenvalue weighted by Crippen LogP contribution is 2.19. The molecule has 0 radical (unpaired) electrons. The van der Waals surface area contributed by atoms with E-state index in [1.54, 1.807) is 6.20 Å². The number of hydrogen-bond acceptors (Lipinski definition) is 6. The summed E-state index contributed by atoms with van der Waals surface area (Å²) in [5.41, 5.74) is 13.2. The molecule has 174 valence electrons. The Hall–Kier alpha value is -4.19. The number of nitrogens with two attached hydrogens (primary N) is 2. The van der Waals surface area contributed by atoms with Crippen LogP contribution in [0.5, 0.6) is 0 Å². The summed E-state index contributed by atoms with van der Waals surface area (Å²) in [6, 6.07) is 3.62. The van der Waals surface area contributed by atoms with E-state index >= 15 is 0 Å². The van der Waals surface area contributed by atoms with Crippen molar-refractivity contribution in [3.05, 3.63) is 54.2 Å². The molecule has 3 aromatic rings. The van der Waals surface area contributed by atoms with Crippen LogP contribution in [-0.4, -0.2) is 61.9 Å². The number of carbonyl (C=O) groups excluding carboxylic acids is 3. The van der Waals surface area contributed by atoms with E-state index < -0.39 is 48.2 Å². The Morgan fingerprint density at radius 3 is 2.42 bits per heavy atom. The summed E-state index contributed by atoms with van der Waals surface area (Å²) in [7, 11) is 0. The number of nitrogens with zero attached hydrogens (tertiary/aromatic N) is 1. The van der Waals surface area contributed by atoms with Crippen LogP contribution < -0.4 is 22.1 Å². The molecular weight excluding hydrogens is 430 g/mol. The van der Waals surface area contributed by atoms with Crippen LogP contribution in [0.3, 0.4) is 0 Å². The molecule has 0 fully saturated rings. The van der Waals surface area contributed by atoms with Crippen molar-refractivity contribution in [1.82, 2.24) is 25.6 Å². The minimum Gasteiger partial charge on any atom is -0.480 e. The number of aliphatic carboxylic acids is 1. The second-order valence-corrected chi connectivity index (χ2v) is 7.58. The number of carboxylic acid groups (broad SMARTS) is 1. The molecule has 2 aromatic heterocycles. The monoisotopic (exact) mass is 455 g/mol. The fourth-order valence-corrected chi connectivity index (χ4v) is 3.41. The van der Waals surface area contributed by atoms with Crippen LogP contribution >= 0.6 is 0 Å². The van der Waals surface area contributed by atoms with Gasteiger partial charge >= 0.3 is 5.97 Å². The molecular formula is C21H25N7O5. The fourth-order valence-electron chi connectivity index (χ4n) is 3.41. The molecule has 9 N–H and O–H groups in total. The number of para-hydroxylation sites is 1. The van der Waals surface area contributed by atoms with E-state index in [1.165, 1.54) is 12.5 Å². The summed E-state index contributed by atoms with van der Waals surface area (Å²) in [6.07, 6.45) is 4.19. The highest BCUT2D eigenvalue weighted by Gasteiger charge is 2.29. The maximum Gasteiger partial charge on any atom is 0.326 e. The topological polar surface area (TPSA) is 209 Å². The van der Waals surface area contributed by atoms with E-state index in [-0.39, 0.29) is 12.8 Å². The number of aromatic amines is 2. The average Bonchev–Trinajstić information content (AvgIpc) is 3.42. The Balaban J connectivity index is 1.69. The molecule has 3 atom stereocenters. The predicted molar refractivity (Wildman–Crippen MR) is 118 cm³/mol. The van der Waals surface area contributed by atoms with Gasteiger partial charge in [0.15, 0.2) is 0 Å². The molecule has 3 amide bonds. The van der Waals surface area contributed by atoms with Gasteiger partial charge in [0, 0.05) is 41.8 Å². The molecule has 1 aromatic carbocycles. The Kier molecular flexibility index (Phi) is 7.41. The van der Waals surface area contributed by atoms with Gasteiger partial charge < -0.3 is 37.2 Å². The Morgan fingerprint density at radius 1 is 1.03 bits per heavy atom. The van der Waals surface area contributed by atoms with Gasteiger partial charge in [0.2, 0.25) is 17.7 Å². The number of aromatic nitrogens is 3. The summed E-state index contributed by atoms with van der Waals surface area (Å²) in [5, 5.41) is 15.2. The van der Waals surface area contributed by atoms with Crippen molar-refractivity contribution in [3.63, 3.8) is 0 Å². The Labute approximate surface area is 188 Å². The number of fused-ring (bicyclic) bond motifs is 1. The minimum absolute atomic E-state index is 0.0122. The molecule has 0 saturated heterocycles. The van der Waals surface area contributed by atoms with Gasteiger partial charge in [-0.05, 0) is 11.6 Å². The molecule has 0 unspecified atom stereocenters. The molecule has 0 aliphatic heterocycles. The molecule has 0 saturated carbocycles. The maximum atomic E-state index is 12.8. The van der Waals surface area contributed by atoms with Crippen molar-refractivity contribution in [2.75, 3.05) is 0 Å². The van der Waals surface area contributed by atoms with Crippen LogP contribution in [0.1, 0.15) is 17.7 Å². The zero-order chi connectivity index (χ0) is 24.0. The van der Waals surface area contributed by atoms with Crippen molar-refractivity contribution in [1.29, 1.82) is 0 Å². The van der Waals surface area contributed by atoms with Gasteiger partial charge in [-0.15, -0.1) is 0 Å². The van der Waals surface area contributed by atoms with Gasteiger partial charge in [0.05, 0.1) is 18.8 Å². The van der Waals surface area contributed by atoms with Crippen molar-refractivity contribution in [3.8, 4) is 0 Å². The van der Waals surface area contributed by atoms with E-state index in [9.17, 15) is 24.3 Å². The van der Waals surface area contributed by atoms with E-state index in [1.807, 2.05) is 24.3 Å². The number of rotatable bonds is 11. The molecule has 0 bridgehead atoms. The molecule has 12 heteroatoms. The van der Waals surface area contributed by atoms with Crippen molar-refractivity contribution in [2.24, 2.45) is 11.5 Å². The average molecular weight is 455 g/mol. The first-order valence-electron chi connectivity index (χ1n) is 10.1. The van der Waals surface area contributed by atoms with Crippen molar-refractivity contribution in [2.45, 2.75) is 37.4 Å². The van der Waals surface area contributed by atoms with Crippen LogP contribution in [0.15, 0.2) is 43.0 Å². The summed E-state index contributed by atoms with van der Waals surface area (Å²) < 4.78 is 0. The third-order valence-corrected chi connectivity index (χ3v) is 5.08. The lowest BCUT2D eigenvalue weighted by Gasteiger charge is -2.22. The summed E-state index contributed by atoms with van der Waals surface area (Å²) in [5.74, 6) is -3.67. The van der Waals surface area contributed by atoms with Crippen molar-refractivity contribution < 1.29 is 24.3 Å². The zero-order valence-corrected chi connectivity index (χ0v) is 17.6. The number of H-pyrrole nitrogens is 2. The van der Waals surface area contributed by atoms with Crippen molar-refractivity contribution >= 4 is 34.6 Å². The second kappa shape index (κ2) is 10.4. The molecule has 2 heterocycles. The third kappa shape index (κ3) is 6.17. The van der Waals surface area contributed by atoms with Gasteiger partial charge in [0.1, 0.15) is 12.1 Å². The van der Waals surface area contributed by atoms with Crippen LogP contribution in [0, 0.1) is 0 Å². The summed E-state index contributed by atoms with van der Waals surface area (Å²) >= 11 is 0. The first-order valence-corrected chi connectivity index (χ1v) is 10.1. The molecule has 12 nitrogen and oxygen atoms in total. The van der Waals surface area contributed by atoms with Gasteiger partial charge in [0.25, 0.3) is 0 Å². The third-order valence-electron chi connectivity index (χ3n) is 5.08. The number of benzene rings is 1. The first kappa shape index (κ1) is 23.5. The number of nitrogens with one attached hydrogen (secondary N) is 4. The van der Waals surface area contributed by atoms with E-state index in [0.717, 1.165) is 10.9 Å². The standard InChI is InChI=1S/C21H25N7O5/c22-14(6-12-9-24-10-26-12)19(30)27-16(7-18(23)29)20(31)28-17(21(32)33)5-11-8-25-15-4-2-1-3-13(11)15/h1-4,8-10,14,16-17,25H,5-7,22H2,(H2,23,29)(H,24,26)(H,27,30)(H,28,31)(H,32,33)/t14-,16-,17-/m0/s1.